The van der Waals surface area contributed by atoms with Crippen molar-refractivity contribution >= 4 is 87.2 Å². The van der Waals surface area contributed by atoms with Crippen molar-refractivity contribution in [3.8, 4) is 39.9 Å². The number of benzene rings is 10. The second-order valence-electron chi connectivity index (χ2n) is 17.9. The summed E-state index contributed by atoms with van der Waals surface area (Å²) in [5.41, 5.74) is 9.58. The predicted molar refractivity (Wildman–Crippen MR) is 279 cm³/mol. The number of nitrogens with zero attached hydrogens (tertiary/aromatic N) is 5. The Morgan fingerprint density at radius 3 is 1.29 bits per heavy atom. The van der Waals surface area contributed by atoms with Crippen molar-refractivity contribution in [3.05, 3.63) is 230 Å². The summed E-state index contributed by atoms with van der Waals surface area (Å²) in [6.07, 6.45) is -4.82. The number of halogens is 3. The largest absolute Gasteiger partial charge is 0.418 e. The standard InChI is InChI=1S/C62H36F3N5/c63-62(64,65)49-36-56(69-50-26-11-7-22-42(50)44-30-32-54-58(60(44)69)46-24-9-13-28-52(46)67(54)40-18-3-1-4-19-40)48(39-17-15-16-38(34-39)37-66)35-57(49)70-51-27-12-8-23-43(51)45-31-33-55-59(61(45)70)47-25-10-14-29-53(47)68(55)41-20-5-2-6-21-41/h1-36H. The lowest BCUT2D eigenvalue weighted by Crippen LogP contribution is -2.13. The molecule has 4 heterocycles. The Balaban J connectivity index is 1.18. The molecular formula is C62H36F3N5. The summed E-state index contributed by atoms with van der Waals surface area (Å²) >= 11 is 0. The zero-order valence-corrected chi connectivity index (χ0v) is 37.2. The molecule has 0 unspecified atom stereocenters. The second-order valence-corrected chi connectivity index (χ2v) is 17.9. The molecule has 0 saturated carbocycles. The Hall–Kier alpha value is -9.32. The molecule has 10 aromatic carbocycles. The van der Waals surface area contributed by atoms with E-state index in [1.165, 1.54) is 6.07 Å². The van der Waals surface area contributed by atoms with Gasteiger partial charge in [-0.05, 0) is 90.5 Å². The monoisotopic (exact) mass is 907 g/mol. The summed E-state index contributed by atoms with van der Waals surface area (Å²) in [6.45, 7) is 0. The van der Waals surface area contributed by atoms with E-state index in [4.69, 9.17) is 0 Å². The second kappa shape index (κ2) is 14.8. The van der Waals surface area contributed by atoms with E-state index in [1.807, 2.05) is 130 Å². The van der Waals surface area contributed by atoms with Gasteiger partial charge in [0.15, 0.2) is 0 Å². The van der Waals surface area contributed by atoms with E-state index in [2.05, 4.69) is 81.9 Å². The molecule has 0 atom stereocenters. The molecular weight excluding hydrogens is 872 g/mol. The minimum atomic E-state index is -4.82. The van der Waals surface area contributed by atoms with Crippen molar-refractivity contribution in [1.82, 2.24) is 18.3 Å². The minimum absolute atomic E-state index is 0.0181. The quantitative estimate of drug-likeness (QED) is 0.170. The Kier molecular flexibility index (Phi) is 8.44. The fourth-order valence-corrected chi connectivity index (χ4v) is 11.4. The topological polar surface area (TPSA) is 43.5 Å². The summed E-state index contributed by atoms with van der Waals surface area (Å²) in [5, 5.41) is 17.5. The first kappa shape index (κ1) is 39.8. The third-order valence-corrected chi connectivity index (χ3v) is 14.2. The van der Waals surface area contributed by atoms with Gasteiger partial charge in [-0.2, -0.15) is 18.4 Å². The number of para-hydroxylation sites is 6. The van der Waals surface area contributed by atoms with Gasteiger partial charge in [-0.15, -0.1) is 0 Å². The highest BCUT2D eigenvalue weighted by atomic mass is 19.4. The number of hydrogen-bond donors (Lipinski definition) is 0. The molecule has 0 spiro atoms. The Morgan fingerprint density at radius 1 is 0.357 bits per heavy atom. The number of fused-ring (bicyclic) bond motifs is 14. The highest BCUT2D eigenvalue weighted by molar-refractivity contribution is 6.28. The van der Waals surface area contributed by atoms with Gasteiger partial charge in [0.1, 0.15) is 0 Å². The molecule has 0 bridgehead atoms. The molecule has 0 aliphatic rings. The van der Waals surface area contributed by atoms with Crippen molar-refractivity contribution in [2.45, 2.75) is 6.18 Å². The maximum atomic E-state index is 16.7. The fraction of sp³-hybridized carbons (Fsp3) is 0.0161. The molecule has 0 aliphatic carbocycles. The van der Waals surface area contributed by atoms with Crippen LogP contribution in [0.3, 0.4) is 0 Å². The summed E-state index contributed by atoms with van der Waals surface area (Å²) in [6, 6.07) is 73.1. The van der Waals surface area contributed by atoms with Crippen LogP contribution in [0.1, 0.15) is 11.1 Å². The predicted octanol–water partition coefficient (Wildman–Crippen LogP) is 16.6. The van der Waals surface area contributed by atoms with Gasteiger partial charge in [-0.1, -0.05) is 133 Å². The smallest absolute Gasteiger partial charge is 0.309 e. The van der Waals surface area contributed by atoms with Crippen molar-refractivity contribution in [3.63, 3.8) is 0 Å². The van der Waals surface area contributed by atoms with Crippen LogP contribution in [0.15, 0.2) is 218 Å². The van der Waals surface area contributed by atoms with E-state index in [9.17, 15) is 5.26 Å². The molecule has 5 nitrogen and oxygen atoms in total. The Bertz CT molecular complexity index is 4520. The molecule has 0 N–H and O–H groups in total. The summed E-state index contributed by atoms with van der Waals surface area (Å²) < 4.78 is 58.4. The lowest BCUT2D eigenvalue weighted by atomic mass is 9.97. The summed E-state index contributed by atoms with van der Waals surface area (Å²) in [5.74, 6) is 0. The van der Waals surface area contributed by atoms with Crippen LogP contribution in [0.4, 0.5) is 13.2 Å². The highest BCUT2D eigenvalue weighted by Gasteiger charge is 2.37. The number of nitriles is 1. The normalized spacial score (nSPS) is 12.2. The van der Waals surface area contributed by atoms with Crippen molar-refractivity contribution < 1.29 is 13.2 Å². The van der Waals surface area contributed by atoms with Crippen LogP contribution in [0.5, 0.6) is 0 Å². The highest BCUT2D eigenvalue weighted by Crippen LogP contribution is 2.49. The van der Waals surface area contributed by atoms with Gasteiger partial charge >= 0.3 is 6.18 Å². The molecule has 0 amide bonds. The van der Waals surface area contributed by atoms with Gasteiger partial charge in [-0.3, -0.25) is 0 Å². The molecule has 4 aromatic heterocycles. The zero-order chi connectivity index (χ0) is 46.8. The summed E-state index contributed by atoms with van der Waals surface area (Å²) in [4.78, 5) is 0. The van der Waals surface area contributed by atoms with Crippen molar-refractivity contribution in [1.29, 1.82) is 5.26 Å². The molecule has 70 heavy (non-hydrogen) atoms. The van der Waals surface area contributed by atoms with E-state index in [-0.39, 0.29) is 5.69 Å². The van der Waals surface area contributed by atoms with Crippen LogP contribution >= 0.6 is 0 Å². The fourth-order valence-electron chi connectivity index (χ4n) is 11.4. The molecule has 0 fully saturated rings. The molecule has 14 aromatic rings. The maximum absolute atomic E-state index is 16.7. The minimum Gasteiger partial charge on any atom is -0.309 e. The Morgan fingerprint density at radius 2 is 0.800 bits per heavy atom. The average molecular weight is 908 g/mol. The van der Waals surface area contributed by atoms with E-state index in [0.717, 1.165) is 87.6 Å². The van der Waals surface area contributed by atoms with Crippen molar-refractivity contribution in [2.24, 2.45) is 0 Å². The van der Waals surface area contributed by atoms with Crippen LogP contribution in [0.2, 0.25) is 0 Å². The zero-order valence-electron chi connectivity index (χ0n) is 37.2. The van der Waals surface area contributed by atoms with Crippen LogP contribution < -0.4 is 0 Å². The lowest BCUT2D eigenvalue weighted by molar-refractivity contribution is -0.137. The number of alkyl halides is 3. The number of rotatable bonds is 5. The number of hydrogen-bond acceptors (Lipinski definition) is 1. The van der Waals surface area contributed by atoms with E-state index in [1.54, 1.807) is 24.3 Å². The van der Waals surface area contributed by atoms with Crippen LogP contribution in [-0.4, -0.2) is 18.3 Å². The molecule has 0 radical (unpaired) electrons. The van der Waals surface area contributed by atoms with Crippen molar-refractivity contribution in [2.75, 3.05) is 0 Å². The molecule has 14 rings (SSSR count). The average Bonchev–Trinajstić information content (AvgIpc) is 4.13. The van der Waals surface area contributed by atoms with Gasteiger partial charge < -0.3 is 18.3 Å². The first-order chi connectivity index (χ1) is 34.4. The van der Waals surface area contributed by atoms with E-state index >= 15 is 13.2 Å². The van der Waals surface area contributed by atoms with Crippen LogP contribution in [-0.2, 0) is 6.18 Å². The molecule has 330 valence electrons. The van der Waals surface area contributed by atoms with Gasteiger partial charge in [-0.25, -0.2) is 0 Å². The molecule has 0 aliphatic heterocycles. The first-order valence-electron chi connectivity index (χ1n) is 23.2. The Labute approximate surface area is 397 Å². The molecule has 8 heteroatoms. The van der Waals surface area contributed by atoms with E-state index in [0.29, 0.717) is 33.4 Å². The summed E-state index contributed by atoms with van der Waals surface area (Å²) in [7, 11) is 0. The third kappa shape index (κ3) is 5.60. The van der Waals surface area contributed by atoms with Gasteiger partial charge in [0.05, 0.1) is 72.7 Å². The van der Waals surface area contributed by atoms with Gasteiger partial charge in [0, 0.05) is 60.0 Å². The third-order valence-electron chi connectivity index (χ3n) is 14.2. The van der Waals surface area contributed by atoms with E-state index < -0.39 is 11.7 Å². The molecule has 0 saturated heterocycles. The van der Waals surface area contributed by atoms with Crippen LogP contribution in [0.25, 0.3) is 121 Å². The SMILES string of the molecule is N#Cc1cccc(-c2cc(-n3c4ccccc4c4ccc5c(c6ccccc6n5-c5ccccc5)c43)c(C(F)(F)F)cc2-n2c3ccccc3c3ccc4c(c5ccccc5n4-c4ccccc4)c32)c1. The first-order valence-corrected chi connectivity index (χ1v) is 23.2. The van der Waals surface area contributed by atoms with Gasteiger partial charge in [0.25, 0.3) is 0 Å². The maximum Gasteiger partial charge on any atom is 0.418 e. The number of aromatic nitrogens is 4. The van der Waals surface area contributed by atoms with Crippen LogP contribution in [0, 0.1) is 11.3 Å². The van der Waals surface area contributed by atoms with Gasteiger partial charge in [0.2, 0.25) is 0 Å². The lowest BCUT2D eigenvalue weighted by Gasteiger charge is -2.22.